The van der Waals surface area contributed by atoms with E-state index < -0.39 is 0 Å². The zero-order chi connectivity index (χ0) is 20.6. The number of hydrogen-bond acceptors (Lipinski definition) is 5. The highest BCUT2D eigenvalue weighted by Gasteiger charge is 2.40. The van der Waals surface area contributed by atoms with Crippen LogP contribution in [-0.2, 0) is 20.8 Å². The first-order valence-electron chi connectivity index (χ1n) is 9.29. The van der Waals surface area contributed by atoms with E-state index in [9.17, 15) is 9.59 Å². The molecule has 148 valence electrons. The molecule has 1 aliphatic heterocycles. The molecule has 1 aliphatic rings. The number of furan rings is 1. The predicted octanol–water partition coefficient (Wildman–Crippen LogP) is 5.86. The van der Waals surface area contributed by atoms with Gasteiger partial charge in [0.25, 0.3) is 11.8 Å². The van der Waals surface area contributed by atoms with Gasteiger partial charge in [-0.05, 0) is 46.7 Å². The van der Waals surface area contributed by atoms with Crippen LogP contribution < -0.4 is 4.90 Å². The molecule has 29 heavy (non-hydrogen) atoms. The summed E-state index contributed by atoms with van der Waals surface area (Å²) < 4.78 is 5.39. The molecule has 0 N–H and O–H groups in total. The third-order valence-corrected chi connectivity index (χ3v) is 6.72. The van der Waals surface area contributed by atoms with Crippen LogP contribution in [0.5, 0.6) is 0 Å². The third kappa shape index (κ3) is 3.82. The maximum Gasteiger partial charge on any atom is 0.272 e. The van der Waals surface area contributed by atoms with Crippen molar-refractivity contribution in [2.75, 3.05) is 4.90 Å². The van der Waals surface area contributed by atoms with E-state index in [-0.39, 0.29) is 17.2 Å². The summed E-state index contributed by atoms with van der Waals surface area (Å²) in [6.45, 7) is 6.40. The van der Waals surface area contributed by atoms with Crippen molar-refractivity contribution in [2.45, 2.75) is 31.9 Å². The van der Waals surface area contributed by atoms with Crippen LogP contribution in [0.4, 0.5) is 5.69 Å². The summed E-state index contributed by atoms with van der Waals surface area (Å²) >= 11 is 2.81. The Morgan fingerprint density at radius 1 is 1.00 bits per heavy atom. The summed E-state index contributed by atoms with van der Waals surface area (Å²) in [7, 11) is 0. The van der Waals surface area contributed by atoms with Crippen LogP contribution in [0.1, 0.15) is 37.0 Å². The number of anilines is 1. The average molecular weight is 424 g/mol. The summed E-state index contributed by atoms with van der Waals surface area (Å²) in [5, 5.41) is 1.91. The molecule has 1 aromatic carbocycles. The number of carbonyl (C=O) groups excluding carboxylic acids is 2. The summed E-state index contributed by atoms with van der Waals surface area (Å²) in [4.78, 5) is 29.1. The van der Waals surface area contributed by atoms with Crippen LogP contribution >= 0.6 is 23.1 Å². The largest absolute Gasteiger partial charge is 0.468 e. The summed E-state index contributed by atoms with van der Waals surface area (Å²) in [5.74, 6) is 0.704. The van der Waals surface area contributed by atoms with Gasteiger partial charge in [-0.15, -0.1) is 23.1 Å². The first kappa shape index (κ1) is 19.7. The Hall–Kier alpha value is -2.57. The number of benzene rings is 1. The normalized spacial score (nSPS) is 14.9. The lowest BCUT2D eigenvalue weighted by Crippen LogP contribution is -2.31. The topological polar surface area (TPSA) is 50.5 Å². The molecule has 0 spiro atoms. The molecule has 0 unspecified atom stereocenters. The smallest absolute Gasteiger partial charge is 0.272 e. The quantitative estimate of drug-likeness (QED) is 0.483. The fourth-order valence-electron chi connectivity index (χ4n) is 3.16. The minimum atomic E-state index is -0.279. The summed E-state index contributed by atoms with van der Waals surface area (Å²) in [5.41, 5.74) is 2.22. The first-order chi connectivity index (χ1) is 13.9. The molecule has 0 fully saturated rings. The Bertz CT molecular complexity index is 1060. The summed E-state index contributed by atoms with van der Waals surface area (Å²) in [6.07, 6.45) is 1.61. The van der Waals surface area contributed by atoms with Crippen molar-refractivity contribution in [2.24, 2.45) is 0 Å². The van der Waals surface area contributed by atoms with E-state index in [1.54, 1.807) is 6.26 Å². The molecule has 0 atom stereocenters. The van der Waals surface area contributed by atoms with Gasteiger partial charge in [0.05, 0.1) is 28.2 Å². The Balaban J connectivity index is 1.68. The monoisotopic (exact) mass is 423 g/mol. The van der Waals surface area contributed by atoms with Gasteiger partial charge in [-0.25, -0.2) is 4.90 Å². The minimum absolute atomic E-state index is 0.00197. The van der Waals surface area contributed by atoms with Gasteiger partial charge in [0.2, 0.25) is 0 Å². The van der Waals surface area contributed by atoms with Crippen LogP contribution in [0, 0.1) is 0 Å². The van der Waals surface area contributed by atoms with Crippen molar-refractivity contribution in [3.05, 3.63) is 81.3 Å². The molecule has 0 radical (unpaired) electrons. The second-order valence-corrected chi connectivity index (χ2v) is 9.73. The van der Waals surface area contributed by atoms with Crippen molar-refractivity contribution in [1.29, 1.82) is 0 Å². The van der Waals surface area contributed by atoms with Crippen LogP contribution in [0.25, 0.3) is 5.57 Å². The highest BCUT2D eigenvalue weighted by atomic mass is 32.2. The molecule has 4 nitrogen and oxygen atoms in total. The Kier molecular flexibility index (Phi) is 5.23. The average Bonchev–Trinajstić information content (AvgIpc) is 3.41. The molecule has 0 aliphatic carbocycles. The first-order valence-corrected chi connectivity index (χ1v) is 11.2. The maximum atomic E-state index is 13.3. The lowest BCUT2D eigenvalue weighted by Gasteiger charge is -2.21. The second-order valence-electron chi connectivity index (χ2n) is 7.79. The molecule has 2 amide bonds. The van der Waals surface area contributed by atoms with Gasteiger partial charge in [0, 0.05) is 4.88 Å². The predicted molar refractivity (Wildman–Crippen MR) is 119 cm³/mol. The van der Waals surface area contributed by atoms with Crippen molar-refractivity contribution >= 4 is 46.2 Å². The molecule has 6 heteroatoms. The molecule has 0 saturated carbocycles. The number of thiophene rings is 1. The molecule has 2 aromatic heterocycles. The van der Waals surface area contributed by atoms with Crippen molar-refractivity contribution in [3.8, 4) is 0 Å². The van der Waals surface area contributed by atoms with E-state index in [1.165, 1.54) is 28.0 Å². The number of carbonyl (C=O) groups is 2. The molecule has 3 heterocycles. The SMILES string of the molecule is CC(C)(C)c1ccc(N2C(=O)C(SCc3ccco3)=C(c3cccs3)C2=O)cc1. The van der Waals surface area contributed by atoms with Crippen molar-refractivity contribution in [3.63, 3.8) is 0 Å². The Labute approximate surface area is 178 Å². The Morgan fingerprint density at radius 2 is 1.76 bits per heavy atom. The second kappa shape index (κ2) is 7.69. The van der Waals surface area contributed by atoms with Crippen LogP contribution in [0.3, 0.4) is 0 Å². The van der Waals surface area contributed by atoms with Gasteiger partial charge >= 0.3 is 0 Å². The van der Waals surface area contributed by atoms with E-state index in [1.807, 2.05) is 53.9 Å². The molecular formula is C23H21NO3S2. The van der Waals surface area contributed by atoms with Gasteiger partial charge in [0.15, 0.2) is 0 Å². The number of thioether (sulfide) groups is 1. The lowest BCUT2D eigenvalue weighted by atomic mass is 9.87. The number of imide groups is 1. The Morgan fingerprint density at radius 3 is 2.34 bits per heavy atom. The minimum Gasteiger partial charge on any atom is -0.468 e. The van der Waals surface area contributed by atoms with E-state index in [2.05, 4.69) is 20.8 Å². The summed E-state index contributed by atoms with van der Waals surface area (Å²) in [6, 6.07) is 15.1. The lowest BCUT2D eigenvalue weighted by molar-refractivity contribution is -0.119. The molecule has 0 saturated heterocycles. The van der Waals surface area contributed by atoms with Crippen molar-refractivity contribution < 1.29 is 14.0 Å². The van der Waals surface area contributed by atoms with Gasteiger partial charge < -0.3 is 4.42 Å². The maximum absolute atomic E-state index is 13.3. The van der Waals surface area contributed by atoms with Crippen LogP contribution in [0.15, 0.2) is 69.5 Å². The molecule has 3 aromatic rings. The van der Waals surface area contributed by atoms with E-state index >= 15 is 0 Å². The van der Waals surface area contributed by atoms with E-state index in [4.69, 9.17) is 4.42 Å². The van der Waals surface area contributed by atoms with Crippen molar-refractivity contribution in [1.82, 2.24) is 0 Å². The highest BCUT2D eigenvalue weighted by Crippen LogP contribution is 2.41. The number of hydrogen-bond donors (Lipinski definition) is 0. The fourth-order valence-corrected chi connectivity index (χ4v) is 5.00. The molecule has 4 rings (SSSR count). The number of rotatable bonds is 5. The molecule has 0 bridgehead atoms. The van der Waals surface area contributed by atoms with Gasteiger partial charge in [-0.2, -0.15) is 0 Å². The van der Waals surface area contributed by atoms with E-state index in [0.29, 0.717) is 21.9 Å². The van der Waals surface area contributed by atoms with Gasteiger partial charge in [0.1, 0.15) is 5.76 Å². The zero-order valence-corrected chi connectivity index (χ0v) is 18.1. The zero-order valence-electron chi connectivity index (χ0n) is 16.5. The van der Waals surface area contributed by atoms with Gasteiger partial charge in [-0.3, -0.25) is 9.59 Å². The van der Waals surface area contributed by atoms with Crippen LogP contribution in [0.2, 0.25) is 0 Å². The fraction of sp³-hybridized carbons (Fsp3) is 0.217. The van der Waals surface area contributed by atoms with Crippen LogP contribution in [-0.4, -0.2) is 11.8 Å². The number of nitrogens with zero attached hydrogens (tertiary/aromatic N) is 1. The standard InChI is InChI=1S/C23H21NO3S2/c1-23(2,3)15-8-10-16(11-9-15)24-21(25)19(18-7-5-13-28-18)20(22(24)26)29-14-17-6-4-12-27-17/h4-13H,14H2,1-3H3. The third-order valence-electron chi connectivity index (χ3n) is 4.74. The highest BCUT2D eigenvalue weighted by molar-refractivity contribution is 8.03. The van der Waals surface area contributed by atoms with E-state index in [0.717, 1.165) is 16.2 Å². The molecular weight excluding hydrogens is 402 g/mol. The van der Waals surface area contributed by atoms with Gasteiger partial charge in [-0.1, -0.05) is 39.0 Å². The number of amides is 2.